The van der Waals surface area contributed by atoms with Gasteiger partial charge in [0.15, 0.2) is 11.6 Å². The van der Waals surface area contributed by atoms with Crippen LogP contribution in [0.3, 0.4) is 0 Å². The van der Waals surface area contributed by atoms with E-state index in [-0.39, 0.29) is 11.6 Å². The molecule has 2 rings (SSSR count). The van der Waals surface area contributed by atoms with Gasteiger partial charge < -0.3 is 4.74 Å². The Hall–Kier alpha value is -1.42. The number of ether oxygens (including phenoxy) is 1. The van der Waals surface area contributed by atoms with Crippen molar-refractivity contribution in [2.45, 2.75) is 12.3 Å². The average molecular weight is 296 g/mol. The molecular formula is C13H11BrFNO. The Morgan fingerprint density at radius 2 is 2.12 bits per heavy atom. The fraction of sp³-hybridized carbons (Fsp3) is 0.154. The Balaban J connectivity index is 2.39. The van der Waals surface area contributed by atoms with Gasteiger partial charge in [-0.2, -0.15) is 0 Å². The Labute approximate surface area is 108 Å². The molecule has 4 heteroatoms. The second-order valence-corrected chi connectivity index (χ2v) is 4.11. The van der Waals surface area contributed by atoms with E-state index in [4.69, 9.17) is 4.74 Å². The van der Waals surface area contributed by atoms with Gasteiger partial charge in [0.25, 0.3) is 0 Å². The van der Waals surface area contributed by atoms with Crippen molar-refractivity contribution in [3.8, 4) is 11.5 Å². The second kappa shape index (κ2) is 5.27. The third kappa shape index (κ3) is 2.64. The summed E-state index contributed by atoms with van der Waals surface area (Å²) in [5, 5.41) is 0.541. The molecule has 0 aliphatic carbocycles. The lowest BCUT2D eigenvalue weighted by atomic mass is 10.2. The topological polar surface area (TPSA) is 22.1 Å². The number of aryl methyl sites for hydroxylation is 1. The number of hydrogen-bond acceptors (Lipinski definition) is 2. The van der Waals surface area contributed by atoms with Gasteiger partial charge in [0.05, 0.1) is 5.69 Å². The van der Waals surface area contributed by atoms with E-state index in [1.165, 1.54) is 6.07 Å². The minimum Gasteiger partial charge on any atom is -0.452 e. The maximum Gasteiger partial charge on any atom is 0.167 e. The summed E-state index contributed by atoms with van der Waals surface area (Å²) in [4.78, 5) is 4.10. The van der Waals surface area contributed by atoms with Crippen molar-refractivity contribution in [3.63, 3.8) is 0 Å². The molecule has 0 N–H and O–H groups in total. The number of halogens is 2. The number of alkyl halides is 1. The van der Waals surface area contributed by atoms with E-state index in [1.807, 2.05) is 13.0 Å². The molecule has 2 aromatic rings. The van der Waals surface area contributed by atoms with Crippen LogP contribution in [-0.4, -0.2) is 4.98 Å². The van der Waals surface area contributed by atoms with Crippen LogP contribution in [0.4, 0.5) is 4.39 Å². The largest absolute Gasteiger partial charge is 0.452 e. The zero-order valence-corrected chi connectivity index (χ0v) is 10.9. The van der Waals surface area contributed by atoms with E-state index < -0.39 is 0 Å². The first-order valence-electron chi connectivity index (χ1n) is 5.15. The summed E-state index contributed by atoms with van der Waals surface area (Å²) in [7, 11) is 0. The molecule has 0 unspecified atom stereocenters. The number of hydrogen-bond donors (Lipinski definition) is 0. The zero-order valence-electron chi connectivity index (χ0n) is 9.28. The van der Waals surface area contributed by atoms with E-state index in [9.17, 15) is 4.39 Å². The van der Waals surface area contributed by atoms with E-state index in [0.717, 1.165) is 11.3 Å². The first-order valence-corrected chi connectivity index (χ1v) is 6.27. The number of benzene rings is 1. The second-order valence-electron chi connectivity index (χ2n) is 3.55. The van der Waals surface area contributed by atoms with Crippen LogP contribution in [0.2, 0.25) is 0 Å². The predicted molar refractivity (Wildman–Crippen MR) is 68.1 cm³/mol. The van der Waals surface area contributed by atoms with E-state index >= 15 is 0 Å². The average Bonchev–Trinajstić information content (AvgIpc) is 2.34. The van der Waals surface area contributed by atoms with Crippen molar-refractivity contribution in [2.24, 2.45) is 0 Å². The number of aromatic nitrogens is 1. The lowest BCUT2D eigenvalue weighted by Crippen LogP contribution is -1.95. The summed E-state index contributed by atoms with van der Waals surface area (Å²) in [5.41, 5.74) is 1.50. The summed E-state index contributed by atoms with van der Waals surface area (Å²) in [6, 6.07) is 8.39. The smallest absolute Gasteiger partial charge is 0.167 e. The molecule has 0 saturated heterocycles. The van der Waals surface area contributed by atoms with Gasteiger partial charge in [-0.15, -0.1) is 0 Å². The molecule has 0 atom stereocenters. The molecule has 0 spiro atoms. The van der Waals surface area contributed by atoms with Crippen LogP contribution in [0.25, 0.3) is 0 Å². The summed E-state index contributed by atoms with van der Waals surface area (Å²) in [5.74, 6) is 0.450. The molecule has 1 aromatic carbocycles. The molecule has 17 heavy (non-hydrogen) atoms. The molecule has 0 amide bonds. The van der Waals surface area contributed by atoms with Crippen LogP contribution in [-0.2, 0) is 5.33 Å². The van der Waals surface area contributed by atoms with Crippen LogP contribution in [0.15, 0.2) is 36.5 Å². The Morgan fingerprint density at radius 3 is 2.82 bits per heavy atom. The molecular weight excluding hydrogens is 285 g/mol. The molecule has 1 aromatic heterocycles. The number of rotatable bonds is 3. The zero-order chi connectivity index (χ0) is 12.3. The molecule has 0 saturated carbocycles. The Bertz CT molecular complexity index is 531. The highest BCUT2D eigenvalue weighted by Crippen LogP contribution is 2.30. The highest BCUT2D eigenvalue weighted by molar-refractivity contribution is 9.08. The van der Waals surface area contributed by atoms with Gasteiger partial charge in [0.1, 0.15) is 5.75 Å². The van der Waals surface area contributed by atoms with Gasteiger partial charge in [-0.3, -0.25) is 4.98 Å². The van der Waals surface area contributed by atoms with Gasteiger partial charge >= 0.3 is 0 Å². The Kier molecular flexibility index (Phi) is 3.74. The number of nitrogens with zero attached hydrogens (tertiary/aromatic N) is 1. The maximum absolute atomic E-state index is 13.7. The molecule has 0 bridgehead atoms. The van der Waals surface area contributed by atoms with Crippen molar-refractivity contribution in [1.29, 1.82) is 0 Å². The highest BCUT2D eigenvalue weighted by atomic mass is 79.9. The molecule has 88 valence electrons. The van der Waals surface area contributed by atoms with E-state index in [0.29, 0.717) is 11.1 Å². The summed E-state index contributed by atoms with van der Waals surface area (Å²) >= 11 is 3.31. The van der Waals surface area contributed by atoms with Crippen molar-refractivity contribution in [1.82, 2.24) is 4.98 Å². The van der Waals surface area contributed by atoms with Crippen LogP contribution >= 0.6 is 15.9 Å². The lowest BCUT2D eigenvalue weighted by molar-refractivity contribution is 0.433. The maximum atomic E-state index is 13.7. The summed E-state index contributed by atoms with van der Waals surface area (Å²) in [6.45, 7) is 1.82. The predicted octanol–water partition coefficient (Wildman–Crippen LogP) is 4.22. The quantitative estimate of drug-likeness (QED) is 0.791. The fourth-order valence-electron chi connectivity index (χ4n) is 1.46. The number of para-hydroxylation sites is 1. The van der Waals surface area contributed by atoms with Gasteiger partial charge in [-0.05, 0) is 25.1 Å². The van der Waals surface area contributed by atoms with Crippen molar-refractivity contribution in [2.75, 3.05) is 0 Å². The monoisotopic (exact) mass is 295 g/mol. The SMILES string of the molecule is Cc1ncccc1Oc1c(F)cccc1CBr. The molecule has 0 fully saturated rings. The Morgan fingerprint density at radius 1 is 1.29 bits per heavy atom. The van der Waals surface area contributed by atoms with Gasteiger partial charge in [0, 0.05) is 17.1 Å². The third-order valence-electron chi connectivity index (χ3n) is 2.36. The van der Waals surface area contributed by atoms with Crippen molar-refractivity contribution >= 4 is 15.9 Å². The molecule has 2 nitrogen and oxygen atoms in total. The fourth-order valence-corrected chi connectivity index (χ4v) is 1.90. The first kappa shape index (κ1) is 12.0. The minimum atomic E-state index is -0.370. The van der Waals surface area contributed by atoms with Crippen molar-refractivity contribution in [3.05, 3.63) is 53.6 Å². The molecule has 0 aliphatic rings. The van der Waals surface area contributed by atoms with Gasteiger partial charge in [-0.25, -0.2) is 4.39 Å². The standard InChI is InChI=1S/C13H11BrFNO/c1-9-12(6-3-7-16-9)17-13-10(8-14)4-2-5-11(13)15/h2-7H,8H2,1H3. The normalized spacial score (nSPS) is 10.3. The van der Waals surface area contributed by atoms with E-state index in [2.05, 4.69) is 20.9 Å². The van der Waals surface area contributed by atoms with Crippen LogP contribution in [0.1, 0.15) is 11.3 Å². The minimum absolute atomic E-state index is 0.250. The molecule has 0 aliphatic heterocycles. The third-order valence-corrected chi connectivity index (χ3v) is 2.97. The molecule has 0 radical (unpaired) electrons. The van der Waals surface area contributed by atoms with E-state index in [1.54, 1.807) is 24.4 Å². The summed E-state index contributed by atoms with van der Waals surface area (Å²) in [6.07, 6.45) is 1.68. The number of pyridine rings is 1. The lowest BCUT2D eigenvalue weighted by Gasteiger charge is -2.11. The summed E-state index contributed by atoms with van der Waals surface area (Å²) < 4.78 is 19.3. The molecule has 1 heterocycles. The van der Waals surface area contributed by atoms with Crippen molar-refractivity contribution < 1.29 is 9.13 Å². The van der Waals surface area contributed by atoms with Crippen LogP contribution < -0.4 is 4.74 Å². The highest BCUT2D eigenvalue weighted by Gasteiger charge is 2.11. The van der Waals surface area contributed by atoms with Crippen LogP contribution in [0, 0.1) is 12.7 Å². The first-order chi connectivity index (χ1) is 8.22. The van der Waals surface area contributed by atoms with Crippen LogP contribution in [0.5, 0.6) is 11.5 Å². The van der Waals surface area contributed by atoms with Gasteiger partial charge in [-0.1, -0.05) is 28.1 Å². The van der Waals surface area contributed by atoms with Gasteiger partial charge in [0.2, 0.25) is 0 Å².